The van der Waals surface area contributed by atoms with Crippen LogP contribution in [0.3, 0.4) is 0 Å². The van der Waals surface area contributed by atoms with Crippen LogP contribution in [-0.2, 0) is 12.6 Å². The topological polar surface area (TPSA) is 57.8 Å². The van der Waals surface area contributed by atoms with Crippen molar-refractivity contribution < 1.29 is 18.3 Å². The van der Waals surface area contributed by atoms with Crippen molar-refractivity contribution in [3.05, 3.63) is 78.6 Å². The molecule has 0 spiro atoms. The Morgan fingerprint density at radius 3 is 2.71 bits per heavy atom. The highest BCUT2D eigenvalue weighted by Crippen LogP contribution is 2.54. The number of hydrogen-bond donors (Lipinski definition) is 1. The molecular weight excluding hydrogens is 495 g/mol. The number of nitrogens with zero attached hydrogens (tertiary/aromatic N) is 3. The average molecular weight is 516 g/mol. The number of thiazole rings is 1. The number of halogens is 4. The summed E-state index contributed by atoms with van der Waals surface area (Å²) >= 11 is 7.32. The van der Waals surface area contributed by atoms with Gasteiger partial charge in [0.25, 0.3) is 0 Å². The highest BCUT2D eigenvalue weighted by atomic mass is 35.5. The van der Waals surface area contributed by atoms with Gasteiger partial charge in [-0.1, -0.05) is 30.2 Å². The summed E-state index contributed by atoms with van der Waals surface area (Å²) < 4.78 is 41.6. The van der Waals surface area contributed by atoms with E-state index in [1.54, 1.807) is 12.3 Å². The molecule has 1 aliphatic heterocycles. The van der Waals surface area contributed by atoms with Gasteiger partial charge in [0.15, 0.2) is 0 Å². The lowest BCUT2D eigenvalue weighted by atomic mass is 9.89. The van der Waals surface area contributed by atoms with Crippen molar-refractivity contribution in [3.8, 4) is 5.88 Å². The molecule has 6 rings (SSSR count). The quantitative estimate of drug-likeness (QED) is 0.475. The summed E-state index contributed by atoms with van der Waals surface area (Å²) in [7, 11) is 0. The van der Waals surface area contributed by atoms with E-state index < -0.39 is 11.7 Å². The van der Waals surface area contributed by atoms with Gasteiger partial charge in [-0.05, 0) is 71.7 Å². The van der Waals surface area contributed by atoms with Crippen LogP contribution in [-0.4, -0.2) is 16.3 Å². The molecule has 2 unspecified atom stereocenters. The zero-order chi connectivity index (χ0) is 24.3. The fourth-order valence-electron chi connectivity index (χ4n) is 5.79. The van der Waals surface area contributed by atoms with Gasteiger partial charge in [0.05, 0.1) is 22.0 Å². The minimum atomic E-state index is -4.56. The molecule has 35 heavy (non-hydrogen) atoms. The maximum Gasteiger partial charge on any atom is 0.416 e. The van der Waals surface area contributed by atoms with Crippen LogP contribution in [0.5, 0.6) is 5.88 Å². The molecule has 4 nitrogen and oxygen atoms in total. The van der Waals surface area contributed by atoms with Crippen molar-refractivity contribution >= 4 is 34.7 Å². The Kier molecular flexibility index (Phi) is 5.49. The monoisotopic (exact) mass is 515 g/mol. The zero-order valence-electron chi connectivity index (χ0n) is 18.5. The van der Waals surface area contributed by atoms with Crippen LogP contribution in [0, 0.1) is 11.8 Å². The SMILES string of the molecule is Oc1nc([C@H]2CC3CCC2C3)sc1C(Cc1ccc(Cl)cc1C(F)(F)F)=c1ccc2c(c1)C=NN=2. The maximum absolute atomic E-state index is 13.9. The summed E-state index contributed by atoms with van der Waals surface area (Å²) in [5, 5.41) is 21.2. The molecular formula is C26H21ClF3N3OS. The second-order valence-electron chi connectivity index (χ2n) is 9.56. The Labute approximate surface area is 208 Å². The second-order valence-corrected chi connectivity index (χ2v) is 11.0. The molecule has 0 amide bonds. The van der Waals surface area contributed by atoms with Crippen molar-refractivity contribution in [1.82, 2.24) is 4.98 Å². The van der Waals surface area contributed by atoms with Crippen molar-refractivity contribution in [1.29, 1.82) is 0 Å². The molecule has 9 heteroatoms. The van der Waals surface area contributed by atoms with Crippen LogP contribution < -0.4 is 10.6 Å². The molecule has 180 valence electrons. The predicted molar refractivity (Wildman–Crippen MR) is 129 cm³/mol. The molecule has 1 aromatic heterocycles. The van der Waals surface area contributed by atoms with E-state index in [1.165, 1.54) is 42.7 Å². The summed E-state index contributed by atoms with van der Waals surface area (Å²) in [5.41, 5.74) is 0.678. The molecule has 0 radical (unpaired) electrons. The van der Waals surface area contributed by atoms with Gasteiger partial charge >= 0.3 is 6.18 Å². The minimum Gasteiger partial charge on any atom is -0.492 e. The van der Waals surface area contributed by atoms with E-state index in [-0.39, 0.29) is 22.9 Å². The number of hydrogen-bond acceptors (Lipinski definition) is 5. The van der Waals surface area contributed by atoms with Gasteiger partial charge in [-0.2, -0.15) is 23.4 Å². The Balaban J connectivity index is 1.50. The largest absolute Gasteiger partial charge is 0.492 e. The first-order valence-electron chi connectivity index (χ1n) is 11.6. The Bertz CT molecular complexity index is 1480. The van der Waals surface area contributed by atoms with Crippen LogP contribution in [0.2, 0.25) is 5.02 Å². The number of benzene rings is 2. The molecule has 1 N–H and O–H groups in total. The Morgan fingerprint density at radius 1 is 1.11 bits per heavy atom. The number of aromatic nitrogens is 1. The Hall–Kier alpha value is -2.71. The molecule has 3 atom stereocenters. The highest BCUT2D eigenvalue weighted by molar-refractivity contribution is 7.13. The van der Waals surface area contributed by atoms with Gasteiger partial charge in [0.1, 0.15) is 5.01 Å². The van der Waals surface area contributed by atoms with E-state index in [9.17, 15) is 18.3 Å². The molecule has 2 saturated carbocycles. The number of rotatable bonds is 4. The summed E-state index contributed by atoms with van der Waals surface area (Å²) in [6.07, 6.45) is 1.72. The van der Waals surface area contributed by atoms with Crippen LogP contribution in [0.1, 0.15) is 58.2 Å². The molecule has 0 saturated heterocycles. The standard InChI is InChI=1S/C26H21ClF3N3OS/c27-18-5-3-16(21(11-18)26(28,29)30)10-19(15-4-6-22-17(9-15)12-31-33-22)23-24(34)32-25(35-23)20-8-13-1-2-14(20)7-13/h3-6,9,11-14,20,34H,1-2,7-8,10H2/t13?,14?,20-/m0/s1. The van der Waals surface area contributed by atoms with E-state index in [4.69, 9.17) is 11.6 Å². The third kappa shape index (κ3) is 4.16. The first-order chi connectivity index (χ1) is 16.8. The molecule has 2 heterocycles. The van der Waals surface area contributed by atoms with E-state index in [0.717, 1.165) is 23.1 Å². The Morgan fingerprint density at radius 2 is 1.97 bits per heavy atom. The number of aromatic hydroxyl groups is 1. The molecule has 2 aliphatic carbocycles. The summed E-state index contributed by atoms with van der Waals surface area (Å²) in [5.74, 6) is 1.48. The molecule has 3 aliphatic rings. The minimum absolute atomic E-state index is 0.0252. The van der Waals surface area contributed by atoms with Crippen molar-refractivity contribution in [3.63, 3.8) is 0 Å². The average Bonchev–Trinajstić information content (AvgIpc) is 3.61. The second kappa shape index (κ2) is 8.45. The van der Waals surface area contributed by atoms with Crippen LogP contribution in [0.4, 0.5) is 13.2 Å². The smallest absolute Gasteiger partial charge is 0.416 e. The number of alkyl halides is 3. The normalized spacial score (nSPS) is 23.5. The van der Waals surface area contributed by atoms with Crippen molar-refractivity contribution in [2.45, 2.75) is 44.2 Å². The molecule has 2 aromatic carbocycles. The zero-order valence-corrected chi connectivity index (χ0v) is 20.1. The third-order valence-corrected chi connectivity index (χ3v) is 8.91. The van der Waals surface area contributed by atoms with Gasteiger partial charge in [0.2, 0.25) is 5.88 Å². The predicted octanol–water partition coefficient (Wildman–Crippen LogP) is 5.83. The summed E-state index contributed by atoms with van der Waals surface area (Å²) in [6, 6.07) is 9.28. The molecule has 2 fully saturated rings. The molecule has 2 bridgehead atoms. The van der Waals surface area contributed by atoms with Gasteiger partial charge in [0, 0.05) is 22.9 Å². The van der Waals surface area contributed by atoms with Gasteiger partial charge in [-0.15, -0.1) is 11.3 Å². The lowest BCUT2D eigenvalue weighted by Crippen LogP contribution is -2.17. The third-order valence-electron chi connectivity index (χ3n) is 7.44. The van der Waals surface area contributed by atoms with Gasteiger partial charge in [-0.3, -0.25) is 0 Å². The fraction of sp³-hybridized carbons (Fsp3) is 0.346. The van der Waals surface area contributed by atoms with Crippen LogP contribution in [0.15, 0.2) is 46.6 Å². The first kappa shape index (κ1) is 22.7. The first-order valence-corrected chi connectivity index (χ1v) is 12.8. The van der Waals surface area contributed by atoms with Crippen molar-refractivity contribution in [2.24, 2.45) is 22.0 Å². The maximum atomic E-state index is 13.9. The van der Waals surface area contributed by atoms with Crippen LogP contribution in [0.25, 0.3) is 5.57 Å². The highest BCUT2D eigenvalue weighted by Gasteiger charge is 2.42. The van der Waals surface area contributed by atoms with Gasteiger partial charge < -0.3 is 5.11 Å². The van der Waals surface area contributed by atoms with E-state index >= 15 is 0 Å². The van der Waals surface area contributed by atoms with E-state index in [1.807, 2.05) is 12.1 Å². The van der Waals surface area contributed by atoms with E-state index in [2.05, 4.69) is 15.2 Å². The summed E-state index contributed by atoms with van der Waals surface area (Å²) in [4.78, 5) is 5.03. The summed E-state index contributed by atoms with van der Waals surface area (Å²) in [6.45, 7) is 0. The molecule has 3 aromatic rings. The van der Waals surface area contributed by atoms with E-state index in [0.29, 0.717) is 38.8 Å². The number of fused-ring (bicyclic) bond motifs is 3. The van der Waals surface area contributed by atoms with Crippen molar-refractivity contribution in [2.75, 3.05) is 0 Å². The fourth-order valence-corrected chi connectivity index (χ4v) is 7.19. The van der Waals surface area contributed by atoms with Gasteiger partial charge in [-0.25, -0.2) is 4.98 Å². The lowest BCUT2D eigenvalue weighted by Gasteiger charge is -2.18. The lowest BCUT2D eigenvalue weighted by molar-refractivity contribution is -0.138. The van der Waals surface area contributed by atoms with Crippen LogP contribution >= 0.6 is 22.9 Å².